The number of hydrogen-bond acceptors (Lipinski definition) is 4. The number of anilines is 6. The van der Waals surface area contributed by atoms with Crippen molar-refractivity contribution >= 4 is 34.1 Å². The van der Waals surface area contributed by atoms with E-state index in [-0.39, 0.29) is 13.2 Å². The van der Waals surface area contributed by atoms with Crippen LogP contribution in [0.25, 0.3) is 0 Å². The molecule has 0 unspecified atom stereocenters. The van der Waals surface area contributed by atoms with Crippen LogP contribution < -0.4 is 9.80 Å². The summed E-state index contributed by atoms with van der Waals surface area (Å²) in [7, 11) is 0. The Kier molecular flexibility index (Phi) is 8.60. The highest BCUT2D eigenvalue weighted by molar-refractivity contribution is 5.83. The second-order valence-corrected chi connectivity index (χ2v) is 10.2. The molecule has 0 saturated carbocycles. The van der Waals surface area contributed by atoms with Gasteiger partial charge in [-0.3, -0.25) is 0 Å². The van der Waals surface area contributed by atoms with Gasteiger partial charge in [0, 0.05) is 47.3 Å². The first-order chi connectivity index (χ1) is 19.6. The molecule has 0 saturated heterocycles. The predicted octanol–water partition coefficient (Wildman–Crippen LogP) is 8.31. The van der Waals surface area contributed by atoms with Crippen molar-refractivity contribution < 1.29 is 10.2 Å². The first kappa shape index (κ1) is 27.2. The summed E-state index contributed by atoms with van der Waals surface area (Å²) < 4.78 is 0. The Labute approximate surface area is 237 Å². The van der Waals surface area contributed by atoms with Crippen LogP contribution in [0.3, 0.4) is 0 Å². The van der Waals surface area contributed by atoms with Crippen LogP contribution in [-0.2, 0) is 12.8 Å². The standard InChI is InChI=1S/C36H36N2O2/c1-27-8-3-12-31(22-27)37(32-13-4-9-28(2)23-32)35-16-7-17-36(26-35)38(33-14-5-10-29(24-33)18-20-39)34-15-6-11-30(25-34)19-21-40/h3-17,22-26,39-40H,18-21H2,1-2H3. The number of aryl methyl sites for hydroxylation is 2. The Hall–Kier alpha value is -4.38. The Morgan fingerprint density at radius 3 is 1.12 bits per heavy atom. The zero-order valence-electron chi connectivity index (χ0n) is 23.2. The zero-order valence-corrected chi connectivity index (χ0v) is 23.2. The summed E-state index contributed by atoms with van der Waals surface area (Å²) in [6, 6.07) is 42.4. The summed E-state index contributed by atoms with van der Waals surface area (Å²) >= 11 is 0. The molecule has 0 bridgehead atoms. The van der Waals surface area contributed by atoms with E-state index in [4.69, 9.17) is 0 Å². The number of benzene rings is 5. The van der Waals surface area contributed by atoms with Crippen molar-refractivity contribution in [2.45, 2.75) is 26.7 Å². The van der Waals surface area contributed by atoms with E-state index in [1.807, 2.05) is 24.3 Å². The molecule has 40 heavy (non-hydrogen) atoms. The summed E-state index contributed by atoms with van der Waals surface area (Å²) in [6.07, 6.45) is 1.20. The van der Waals surface area contributed by atoms with Crippen LogP contribution in [0, 0.1) is 13.8 Å². The zero-order chi connectivity index (χ0) is 27.9. The minimum Gasteiger partial charge on any atom is -0.396 e. The van der Waals surface area contributed by atoms with Gasteiger partial charge in [0.05, 0.1) is 0 Å². The van der Waals surface area contributed by atoms with Gasteiger partial charge in [-0.25, -0.2) is 0 Å². The van der Waals surface area contributed by atoms with Gasteiger partial charge in [0.2, 0.25) is 0 Å². The van der Waals surface area contributed by atoms with E-state index in [1.54, 1.807) is 0 Å². The van der Waals surface area contributed by atoms with E-state index >= 15 is 0 Å². The average Bonchev–Trinajstić information content (AvgIpc) is 2.95. The largest absolute Gasteiger partial charge is 0.396 e. The van der Waals surface area contributed by atoms with Gasteiger partial charge in [-0.1, -0.05) is 54.6 Å². The van der Waals surface area contributed by atoms with E-state index in [1.165, 1.54) is 11.1 Å². The first-order valence-corrected chi connectivity index (χ1v) is 13.8. The van der Waals surface area contributed by atoms with Crippen molar-refractivity contribution in [3.8, 4) is 0 Å². The van der Waals surface area contributed by atoms with Crippen LogP contribution in [0.2, 0.25) is 0 Å². The highest BCUT2D eigenvalue weighted by Crippen LogP contribution is 2.41. The first-order valence-electron chi connectivity index (χ1n) is 13.8. The molecule has 5 rings (SSSR count). The SMILES string of the molecule is Cc1cccc(N(c2cccc(C)c2)c2cccc(N(c3cccc(CCO)c3)c3cccc(CCO)c3)c2)c1. The number of aliphatic hydroxyl groups excluding tert-OH is 2. The molecule has 5 aromatic rings. The second kappa shape index (κ2) is 12.6. The van der Waals surface area contributed by atoms with Crippen LogP contribution in [0.5, 0.6) is 0 Å². The van der Waals surface area contributed by atoms with Crippen molar-refractivity contribution in [3.05, 3.63) is 144 Å². The fourth-order valence-electron chi connectivity index (χ4n) is 5.16. The van der Waals surface area contributed by atoms with Gasteiger partial charge in [-0.05, 0) is 116 Å². The molecular weight excluding hydrogens is 492 g/mol. The molecule has 0 atom stereocenters. The van der Waals surface area contributed by atoms with Crippen LogP contribution in [-0.4, -0.2) is 23.4 Å². The topological polar surface area (TPSA) is 46.9 Å². The lowest BCUT2D eigenvalue weighted by Crippen LogP contribution is -2.14. The third-order valence-electron chi connectivity index (χ3n) is 7.00. The third-order valence-corrected chi connectivity index (χ3v) is 7.00. The molecule has 202 valence electrons. The summed E-state index contributed by atoms with van der Waals surface area (Å²) in [4.78, 5) is 4.54. The number of aliphatic hydroxyl groups is 2. The Morgan fingerprint density at radius 2 is 0.750 bits per heavy atom. The van der Waals surface area contributed by atoms with Gasteiger partial charge in [-0.15, -0.1) is 0 Å². The van der Waals surface area contributed by atoms with E-state index in [0.29, 0.717) is 12.8 Å². The molecule has 0 aliphatic rings. The van der Waals surface area contributed by atoms with E-state index in [2.05, 4.69) is 121 Å². The van der Waals surface area contributed by atoms with E-state index < -0.39 is 0 Å². The molecule has 4 nitrogen and oxygen atoms in total. The number of rotatable bonds is 10. The van der Waals surface area contributed by atoms with Crippen LogP contribution >= 0.6 is 0 Å². The lowest BCUT2D eigenvalue weighted by Gasteiger charge is -2.30. The highest BCUT2D eigenvalue weighted by Gasteiger charge is 2.18. The number of hydrogen-bond donors (Lipinski definition) is 2. The lowest BCUT2D eigenvalue weighted by molar-refractivity contribution is 0.299. The van der Waals surface area contributed by atoms with Crippen molar-refractivity contribution in [2.24, 2.45) is 0 Å². The molecule has 0 amide bonds. The molecule has 0 spiro atoms. The molecule has 5 aromatic carbocycles. The third kappa shape index (κ3) is 6.26. The molecule has 0 aliphatic heterocycles. The van der Waals surface area contributed by atoms with Crippen LogP contribution in [0.4, 0.5) is 34.1 Å². The molecule has 0 radical (unpaired) electrons. The molecule has 0 aliphatic carbocycles. The summed E-state index contributed by atoms with van der Waals surface area (Å²) in [6.45, 7) is 4.45. The highest BCUT2D eigenvalue weighted by atomic mass is 16.3. The fraction of sp³-hybridized carbons (Fsp3) is 0.167. The van der Waals surface area contributed by atoms with Crippen molar-refractivity contribution in [1.82, 2.24) is 0 Å². The fourth-order valence-corrected chi connectivity index (χ4v) is 5.16. The maximum absolute atomic E-state index is 9.59. The summed E-state index contributed by atoms with van der Waals surface area (Å²) in [5, 5.41) is 19.2. The second-order valence-electron chi connectivity index (χ2n) is 10.2. The predicted molar refractivity (Wildman–Crippen MR) is 167 cm³/mol. The molecular formula is C36H36N2O2. The smallest absolute Gasteiger partial charge is 0.0482 e. The molecule has 0 aromatic heterocycles. The van der Waals surface area contributed by atoms with Gasteiger partial charge in [0.15, 0.2) is 0 Å². The maximum atomic E-state index is 9.59. The van der Waals surface area contributed by atoms with Crippen molar-refractivity contribution in [2.75, 3.05) is 23.0 Å². The monoisotopic (exact) mass is 528 g/mol. The van der Waals surface area contributed by atoms with Crippen molar-refractivity contribution in [1.29, 1.82) is 0 Å². The van der Waals surface area contributed by atoms with E-state index in [0.717, 1.165) is 45.3 Å². The van der Waals surface area contributed by atoms with Gasteiger partial charge < -0.3 is 20.0 Å². The minimum atomic E-state index is 0.104. The molecule has 0 fully saturated rings. The minimum absolute atomic E-state index is 0.104. The quantitative estimate of drug-likeness (QED) is 0.191. The maximum Gasteiger partial charge on any atom is 0.0482 e. The lowest BCUT2D eigenvalue weighted by atomic mass is 10.1. The van der Waals surface area contributed by atoms with E-state index in [9.17, 15) is 10.2 Å². The average molecular weight is 529 g/mol. The molecule has 0 heterocycles. The normalized spacial score (nSPS) is 10.9. The Balaban J connectivity index is 1.67. The Bertz CT molecular complexity index is 1480. The van der Waals surface area contributed by atoms with Gasteiger partial charge >= 0.3 is 0 Å². The Morgan fingerprint density at radius 1 is 0.425 bits per heavy atom. The van der Waals surface area contributed by atoms with Gasteiger partial charge in [-0.2, -0.15) is 0 Å². The van der Waals surface area contributed by atoms with Crippen molar-refractivity contribution in [3.63, 3.8) is 0 Å². The summed E-state index contributed by atoms with van der Waals surface area (Å²) in [5.74, 6) is 0. The van der Waals surface area contributed by atoms with Crippen LogP contribution in [0.15, 0.2) is 121 Å². The summed E-state index contributed by atoms with van der Waals surface area (Å²) in [5.41, 5.74) is 10.9. The van der Waals surface area contributed by atoms with Gasteiger partial charge in [0.25, 0.3) is 0 Å². The van der Waals surface area contributed by atoms with Gasteiger partial charge in [0.1, 0.15) is 0 Å². The molecule has 2 N–H and O–H groups in total. The molecule has 4 heteroatoms. The van der Waals surface area contributed by atoms with Crippen LogP contribution in [0.1, 0.15) is 22.3 Å². The number of nitrogens with zero attached hydrogens (tertiary/aromatic N) is 2.